The topological polar surface area (TPSA) is 66.9 Å². The summed E-state index contributed by atoms with van der Waals surface area (Å²) in [7, 11) is 0. The summed E-state index contributed by atoms with van der Waals surface area (Å²) in [5, 5.41) is 8.89. The number of aromatic nitrogens is 2. The van der Waals surface area contributed by atoms with E-state index in [1.165, 1.54) is 0 Å². The van der Waals surface area contributed by atoms with Crippen molar-refractivity contribution < 1.29 is 4.79 Å². The number of pyridine rings is 2. The number of nitrogens with one attached hydrogen (secondary N) is 2. The first-order valence-electron chi connectivity index (χ1n) is 8.73. The van der Waals surface area contributed by atoms with Crippen molar-refractivity contribution in [2.45, 2.75) is 6.92 Å². The highest BCUT2D eigenvalue weighted by molar-refractivity contribution is 6.31. The first kappa shape index (κ1) is 17.9. The van der Waals surface area contributed by atoms with Crippen molar-refractivity contribution in [1.82, 2.24) is 9.97 Å². The van der Waals surface area contributed by atoms with Crippen molar-refractivity contribution >= 4 is 45.5 Å². The van der Waals surface area contributed by atoms with Crippen LogP contribution in [0.25, 0.3) is 10.8 Å². The molecule has 0 radical (unpaired) electrons. The molecule has 0 unspecified atom stereocenters. The normalized spacial score (nSPS) is 10.6. The monoisotopic (exact) mass is 388 g/mol. The number of anilines is 3. The Kier molecular flexibility index (Phi) is 4.91. The Morgan fingerprint density at radius 1 is 0.964 bits per heavy atom. The number of amides is 1. The van der Waals surface area contributed by atoms with Crippen molar-refractivity contribution in [2.24, 2.45) is 0 Å². The van der Waals surface area contributed by atoms with Gasteiger partial charge in [-0.05, 0) is 66.4 Å². The molecule has 0 bridgehead atoms. The van der Waals surface area contributed by atoms with Crippen LogP contribution in [0.4, 0.5) is 17.2 Å². The third-order valence-electron chi connectivity index (χ3n) is 4.37. The zero-order valence-electron chi connectivity index (χ0n) is 15.1. The summed E-state index contributed by atoms with van der Waals surface area (Å²) < 4.78 is 0. The largest absolute Gasteiger partial charge is 0.340 e. The molecule has 0 aliphatic carbocycles. The lowest BCUT2D eigenvalue weighted by Gasteiger charge is -2.12. The summed E-state index contributed by atoms with van der Waals surface area (Å²) in [5.41, 5.74) is 2.85. The molecule has 2 aromatic carbocycles. The number of rotatable bonds is 4. The van der Waals surface area contributed by atoms with Crippen molar-refractivity contribution in [3.8, 4) is 0 Å². The molecule has 2 aromatic heterocycles. The molecule has 0 atom stereocenters. The second-order valence-corrected chi connectivity index (χ2v) is 6.79. The van der Waals surface area contributed by atoms with Gasteiger partial charge < -0.3 is 10.6 Å². The van der Waals surface area contributed by atoms with Crippen LogP contribution in [0.3, 0.4) is 0 Å². The average Bonchev–Trinajstić information content (AvgIpc) is 2.71. The van der Waals surface area contributed by atoms with Gasteiger partial charge in [-0.25, -0.2) is 4.98 Å². The van der Waals surface area contributed by atoms with E-state index in [0.29, 0.717) is 22.1 Å². The van der Waals surface area contributed by atoms with Gasteiger partial charge in [-0.1, -0.05) is 17.7 Å². The van der Waals surface area contributed by atoms with Gasteiger partial charge in [0.15, 0.2) is 0 Å². The maximum atomic E-state index is 12.8. The molecule has 1 amide bonds. The Morgan fingerprint density at radius 3 is 2.68 bits per heavy atom. The number of nitrogens with zero attached hydrogens (tertiary/aromatic N) is 2. The van der Waals surface area contributed by atoms with E-state index in [1.54, 1.807) is 42.9 Å². The maximum absolute atomic E-state index is 12.8. The molecule has 0 spiro atoms. The Hall–Kier alpha value is -3.44. The summed E-state index contributed by atoms with van der Waals surface area (Å²) in [6.07, 6.45) is 5.21. The number of carbonyl (C=O) groups excluding carboxylic acids is 1. The van der Waals surface area contributed by atoms with E-state index in [2.05, 4.69) is 20.6 Å². The van der Waals surface area contributed by atoms with Crippen molar-refractivity contribution in [3.63, 3.8) is 0 Å². The van der Waals surface area contributed by atoms with Crippen LogP contribution in [-0.4, -0.2) is 15.9 Å². The minimum absolute atomic E-state index is 0.250. The quantitative estimate of drug-likeness (QED) is 0.478. The average molecular weight is 389 g/mol. The third kappa shape index (κ3) is 3.80. The van der Waals surface area contributed by atoms with Crippen LogP contribution in [0, 0.1) is 6.92 Å². The van der Waals surface area contributed by atoms with E-state index in [4.69, 9.17) is 11.6 Å². The molecule has 6 heteroatoms. The van der Waals surface area contributed by atoms with Gasteiger partial charge in [0.05, 0.1) is 5.56 Å². The lowest BCUT2D eigenvalue weighted by Crippen LogP contribution is -2.14. The highest BCUT2D eigenvalue weighted by Crippen LogP contribution is 2.24. The summed E-state index contributed by atoms with van der Waals surface area (Å²) in [6.45, 7) is 1.89. The molecular weight excluding hydrogens is 372 g/mol. The van der Waals surface area contributed by atoms with Crippen molar-refractivity contribution in [3.05, 3.63) is 89.3 Å². The van der Waals surface area contributed by atoms with Crippen molar-refractivity contribution in [1.29, 1.82) is 0 Å². The van der Waals surface area contributed by atoms with Gasteiger partial charge >= 0.3 is 0 Å². The van der Waals surface area contributed by atoms with E-state index in [0.717, 1.165) is 22.0 Å². The first-order valence-corrected chi connectivity index (χ1v) is 9.11. The smallest absolute Gasteiger partial charge is 0.259 e. The molecule has 0 aliphatic heterocycles. The molecule has 4 aromatic rings. The fourth-order valence-electron chi connectivity index (χ4n) is 2.91. The zero-order valence-corrected chi connectivity index (χ0v) is 15.9. The predicted octanol–water partition coefficient (Wildman–Crippen LogP) is 5.59. The van der Waals surface area contributed by atoms with Crippen LogP contribution in [0.5, 0.6) is 0 Å². The predicted molar refractivity (Wildman–Crippen MR) is 113 cm³/mol. The van der Waals surface area contributed by atoms with Gasteiger partial charge in [0.25, 0.3) is 5.91 Å². The molecule has 5 nitrogen and oxygen atoms in total. The van der Waals surface area contributed by atoms with Crippen molar-refractivity contribution in [2.75, 3.05) is 10.6 Å². The third-order valence-corrected chi connectivity index (χ3v) is 4.80. The molecule has 2 N–H and O–H groups in total. The minimum Gasteiger partial charge on any atom is -0.340 e. The maximum Gasteiger partial charge on any atom is 0.259 e. The number of benzene rings is 2. The number of halogens is 1. The van der Waals surface area contributed by atoms with Gasteiger partial charge in [0.2, 0.25) is 0 Å². The molecule has 138 valence electrons. The second-order valence-electron chi connectivity index (χ2n) is 6.38. The van der Waals surface area contributed by atoms with Crippen LogP contribution in [0.1, 0.15) is 15.9 Å². The van der Waals surface area contributed by atoms with Gasteiger partial charge in [-0.3, -0.25) is 9.78 Å². The first-order chi connectivity index (χ1) is 13.6. The lowest BCUT2D eigenvalue weighted by molar-refractivity contribution is 0.102. The van der Waals surface area contributed by atoms with E-state index < -0.39 is 0 Å². The standard InChI is InChI=1S/C22H17ClN4O/c1-14-11-17(6-7-20(14)23)27-22(28)19-3-2-9-25-21(19)26-18-5-4-15-8-10-24-13-16(15)12-18/h2-13H,1H3,(H,25,26)(H,27,28). The van der Waals surface area contributed by atoms with Crippen LogP contribution >= 0.6 is 11.6 Å². The Morgan fingerprint density at radius 2 is 1.82 bits per heavy atom. The molecule has 0 saturated carbocycles. The molecule has 28 heavy (non-hydrogen) atoms. The number of hydrogen-bond donors (Lipinski definition) is 2. The van der Waals surface area contributed by atoms with Gasteiger partial charge in [0.1, 0.15) is 5.82 Å². The molecule has 0 aliphatic rings. The van der Waals surface area contributed by atoms with Crippen LogP contribution < -0.4 is 10.6 Å². The minimum atomic E-state index is -0.250. The summed E-state index contributed by atoms with van der Waals surface area (Å²) in [6, 6.07) is 16.7. The van der Waals surface area contributed by atoms with Gasteiger partial charge in [-0.15, -0.1) is 0 Å². The van der Waals surface area contributed by atoms with Crippen LogP contribution in [0.15, 0.2) is 73.2 Å². The lowest BCUT2D eigenvalue weighted by atomic mass is 10.1. The molecule has 4 rings (SSSR count). The number of carbonyl (C=O) groups is 1. The fourth-order valence-corrected chi connectivity index (χ4v) is 3.03. The van der Waals surface area contributed by atoms with E-state index in [1.807, 2.05) is 37.3 Å². The number of aryl methyl sites for hydroxylation is 1. The Labute approximate surface area is 167 Å². The highest BCUT2D eigenvalue weighted by Gasteiger charge is 2.13. The summed E-state index contributed by atoms with van der Waals surface area (Å²) in [5.74, 6) is 0.230. The Bertz CT molecular complexity index is 1180. The number of fused-ring (bicyclic) bond motifs is 1. The van der Waals surface area contributed by atoms with E-state index in [-0.39, 0.29) is 5.91 Å². The second kappa shape index (κ2) is 7.66. The molecule has 0 saturated heterocycles. The van der Waals surface area contributed by atoms with E-state index in [9.17, 15) is 4.79 Å². The van der Waals surface area contributed by atoms with Crippen LogP contribution in [-0.2, 0) is 0 Å². The molecular formula is C22H17ClN4O. The van der Waals surface area contributed by atoms with E-state index >= 15 is 0 Å². The molecule has 0 fully saturated rings. The summed E-state index contributed by atoms with van der Waals surface area (Å²) >= 11 is 6.05. The SMILES string of the molecule is Cc1cc(NC(=O)c2cccnc2Nc2ccc3ccncc3c2)ccc1Cl. The highest BCUT2D eigenvalue weighted by atomic mass is 35.5. The zero-order chi connectivity index (χ0) is 19.5. The van der Waals surface area contributed by atoms with Crippen LogP contribution in [0.2, 0.25) is 5.02 Å². The molecule has 2 heterocycles. The number of hydrogen-bond acceptors (Lipinski definition) is 4. The van der Waals surface area contributed by atoms with Gasteiger partial charge in [0, 0.05) is 40.4 Å². The van der Waals surface area contributed by atoms with Gasteiger partial charge in [-0.2, -0.15) is 0 Å². The summed E-state index contributed by atoms with van der Waals surface area (Å²) in [4.78, 5) is 21.3. The fraction of sp³-hybridized carbons (Fsp3) is 0.0455. The Balaban J connectivity index is 1.60.